The van der Waals surface area contributed by atoms with Gasteiger partial charge in [-0.05, 0) is 68.4 Å². The van der Waals surface area contributed by atoms with Gasteiger partial charge in [-0.15, -0.1) is 0 Å². The Bertz CT molecular complexity index is 819. The first kappa shape index (κ1) is 19.7. The van der Waals surface area contributed by atoms with Gasteiger partial charge in [0, 0.05) is 17.8 Å². The van der Waals surface area contributed by atoms with Gasteiger partial charge in [0.2, 0.25) is 0 Å². The summed E-state index contributed by atoms with van der Waals surface area (Å²) < 4.78 is 32.6. The molecule has 0 aromatic heterocycles. The van der Waals surface area contributed by atoms with E-state index in [-0.39, 0.29) is 10.8 Å². The van der Waals surface area contributed by atoms with Crippen molar-refractivity contribution in [3.8, 4) is 5.75 Å². The number of hydrogen-bond acceptors (Lipinski definition) is 5. The normalized spacial score (nSPS) is 11.0. The molecule has 2 aromatic rings. The van der Waals surface area contributed by atoms with Gasteiger partial charge in [0.05, 0.1) is 11.5 Å². The van der Waals surface area contributed by atoms with Crippen molar-refractivity contribution >= 4 is 21.6 Å². The lowest BCUT2D eigenvalue weighted by Crippen LogP contribution is -2.25. The number of rotatable bonds is 9. The molecule has 2 rings (SSSR count). The Balaban J connectivity index is 2.03. The van der Waals surface area contributed by atoms with Crippen LogP contribution < -0.4 is 20.5 Å². The number of carbonyl (C=O) groups excluding carboxylic acids is 1. The summed E-state index contributed by atoms with van der Waals surface area (Å²) in [6.07, 6.45) is 0.700. The molecule has 8 heteroatoms. The highest BCUT2D eigenvalue weighted by Gasteiger charge is 2.14. The molecule has 0 saturated heterocycles. The second-order valence-corrected chi connectivity index (χ2v) is 7.17. The van der Waals surface area contributed by atoms with Crippen molar-refractivity contribution in [1.82, 2.24) is 5.32 Å². The van der Waals surface area contributed by atoms with E-state index >= 15 is 0 Å². The summed E-state index contributed by atoms with van der Waals surface area (Å²) in [6, 6.07) is 12.4. The molecule has 140 valence electrons. The van der Waals surface area contributed by atoms with Gasteiger partial charge in [0.15, 0.2) is 0 Å². The van der Waals surface area contributed by atoms with Gasteiger partial charge < -0.3 is 15.8 Å². The van der Waals surface area contributed by atoms with Gasteiger partial charge in [-0.2, -0.15) is 0 Å². The highest BCUT2D eigenvalue weighted by Crippen LogP contribution is 2.19. The van der Waals surface area contributed by atoms with E-state index < -0.39 is 10.0 Å². The van der Waals surface area contributed by atoms with Crippen molar-refractivity contribution < 1.29 is 17.9 Å². The maximum atomic E-state index is 12.4. The SMILES string of the molecule is CCOc1ccc(S(=O)(=O)Nc2ccc(C(=O)NCCCN)cc2)cc1. The Labute approximate surface area is 153 Å². The third-order valence-electron chi connectivity index (χ3n) is 3.51. The Kier molecular flexibility index (Phi) is 6.99. The van der Waals surface area contributed by atoms with Crippen LogP contribution in [0, 0.1) is 0 Å². The van der Waals surface area contributed by atoms with Crippen LogP contribution in [-0.2, 0) is 10.0 Å². The van der Waals surface area contributed by atoms with Crippen molar-refractivity contribution in [3.05, 3.63) is 54.1 Å². The number of carbonyl (C=O) groups is 1. The summed E-state index contributed by atoms with van der Waals surface area (Å²) in [6.45, 7) is 3.37. The summed E-state index contributed by atoms with van der Waals surface area (Å²) in [5.74, 6) is 0.385. The maximum Gasteiger partial charge on any atom is 0.261 e. The molecule has 0 aliphatic rings. The van der Waals surface area contributed by atoms with Crippen molar-refractivity contribution in [1.29, 1.82) is 0 Å². The van der Waals surface area contributed by atoms with Gasteiger partial charge in [-0.1, -0.05) is 0 Å². The van der Waals surface area contributed by atoms with Gasteiger partial charge in [0.1, 0.15) is 5.75 Å². The maximum absolute atomic E-state index is 12.4. The minimum atomic E-state index is -3.72. The number of ether oxygens (including phenoxy) is 1. The zero-order valence-electron chi connectivity index (χ0n) is 14.6. The second kappa shape index (κ2) is 9.21. The molecule has 0 spiro atoms. The molecule has 1 amide bonds. The summed E-state index contributed by atoms with van der Waals surface area (Å²) in [4.78, 5) is 12.0. The van der Waals surface area contributed by atoms with Gasteiger partial charge in [-0.25, -0.2) is 8.42 Å². The second-order valence-electron chi connectivity index (χ2n) is 5.49. The lowest BCUT2D eigenvalue weighted by molar-refractivity contribution is 0.0953. The summed E-state index contributed by atoms with van der Waals surface area (Å²) >= 11 is 0. The van der Waals surface area contributed by atoms with Crippen LogP contribution in [0.1, 0.15) is 23.7 Å². The van der Waals surface area contributed by atoms with E-state index in [1.54, 1.807) is 36.4 Å². The molecule has 0 bridgehead atoms. The van der Waals surface area contributed by atoms with Crippen LogP contribution in [0.15, 0.2) is 53.4 Å². The first-order chi connectivity index (χ1) is 12.5. The number of anilines is 1. The number of sulfonamides is 1. The van der Waals surface area contributed by atoms with Crippen molar-refractivity contribution in [2.45, 2.75) is 18.2 Å². The van der Waals surface area contributed by atoms with Crippen LogP contribution >= 0.6 is 0 Å². The Morgan fingerprint density at radius 2 is 1.73 bits per heavy atom. The largest absolute Gasteiger partial charge is 0.494 e. The molecule has 0 unspecified atom stereocenters. The fraction of sp³-hybridized carbons (Fsp3) is 0.278. The van der Waals surface area contributed by atoms with Crippen LogP contribution in [-0.4, -0.2) is 34.0 Å². The zero-order valence-corrected chi connectivity index (χ0v) is 15.4. The fourth-order valence-electron chi connectivity index (χ4n) is 2.19. The predicted molar refractivity (Wildman–Crippen MR) is 101 cm³/mol. The average Bonchev–Trinajstić information content (AvgIpc) is 2.63. The van der Waals surface area contributed by atoms with Crippen LogP contribution in [0.2, 0.25) is 0 Å². The van der Waals surface area contributed by atoms with Crippen molar-refractivity contribution in [3.63, 3.8) is 0 Å². The molecule has 0 radical (unpaired) electrons. The van der Waals surface area contributed by atoms with E-state index in [1.165, 1.54) is 12.1 Å². The number of amides is 1. The lowest BCUT2D eigenvalue weighted by atomic mass is 10.2. The lowest BCUT2D eigenvalue weighted by Gasteiger charge is -2.10. The van der Waals surface area contributed by atoms with Crippen LogP contribution in [0.3, 0.4) is 0 Å². The first-order valence-corrected chi connectivity index (χ1v) is 9.78. The minimum absolute atomic E-state index is 0.129. The van der Waals surface area contributed by atoms with Gasteiger partial charge in [0.25, 0.3) is 15.9 Å². The van der Waals surface area contributed by atoms with Gasteiger partial charge in [-0.3, -0.25) is 9.52 Å². The third kappa shape index (κ3) is 5.47. The molecular formula is C18H23N3O4S. The zero-order chi connectivity index (χ0) is 19.0. The van der Waals surface area contributed by atoms with Crippen molar-refractivity contribution in [2.24, 2.45) is 5.73 Å². The predicted octanol–water partition coefficient (Wildman–Crippen LogP) is 1.96. The van der Waals surface area contributed by atoms with Crippen LogP contribution in [0.5, 0.6) is 5.75 Å². The number of benzene rings is 2. The fourth-order valence-corrected chi connectivity index (χ4v) is 3.25. The third-order valence-corrected chi connectivity index (χ3v) is 4.91. The topological polar surface area (TPSA) is 111 Å². The number of nitrogens with two attached hydrogens (primary N) is 1. The van der Waals surface area contributed by atoms with Crippen molar-refractivity contribution in [2.75, 3.05) is 24.4 Å². The Morgan fingerprint density at radius 1 is 1.08 bits per heavy atom. The molecular weight excluding hydrogens is 354 g/mol. The standard InChI is InChI=1S/C18H23N3O4S/c1-2-25-16-8-10-17(11-9-16)26(23,24)21-15-6-4-14(5-7-15)18(22)20-13-3-12-19/h4-11,21H,2-3,12-13,19H2,1H3,(H,20,22). The van der Waals surface area contributed by atoms with E-state index in [0.717, 1.165) is 0 Å². The molecule has 2 aromatic carbocycles. The molecule has 7 nitrogen and oxygen atoms in total. The first-order valence-electron chi connectivity index (χ1n) is 8.30. The average molecular weight is 377 g/mol. The molecule has 0 saturated carbocycles. The number of hydrogen-bond donors (Lipinski definition) is 3. The molecule has 0 heterocycles. The van der Waals surface area contributed by atoms with Gasteiger partial charge >= 0.3 is 0 Å². The van der Waals surface area contributed by atoms with E-state index in [9.17, 15) is 13.2 Å². The molecule has 0 fully saturated rings. The van der Waals surface area contributed by atoms with Crippen LogP contribution in [0.25, 0.3) is 0 Å². The minimum Gasteiger partial charge on any atom is -0.494 e. The Hall–Kier alpha value is -2.58. The quantitative estimate of drug-likeness (QED) is 0.579. The monoisotopic (exact) mass is 377 g/mol. The summed E-state index contributed by atoms with van der Waals surface area (Å²) in [7, 11) is -3.72. The summed E-state index contributed by atoms with van der Waals surface area (Å²) in [5.41, 5.74) is 6.20. The number of nitrogens with one attached hydrogen (secondary N) is 2. The van der Waals surface area contributed by atoms with Crippen LogP contribution in [0.4, 0.5) is 5.69 Å². The van der Waals surface area contributed by atoms with E-state index in [2.05, 4.69) is 10.0 Å². The molecule has 4 N–H and O–H groups in total. The Morgan fingerprint density at radius 3 is 2.31 bits per heavy atom. The summed E-state index contributed by atoms with van der Waals surface area (Å²) in [5, 5.41) is 2.74. The molecule has 0 aliphatic carbocycles. The van der Waals surface area contributed by atoms with E-state index in [0.29, 0.717) is 43.1 Å². The highest BCUT2D eigenvalue weighted by atomic mass is 32.2. The van der Waals surface area contributed by atoms with E-state index in [4.69, 9.17) is 10.5 Å². The molecule has 26 heavy (non-hydrogen) atoms. The molecule has 0 aliphatic heterocycles. The smallest absolute Gasteiger partial charge is 0.261 e. The molecule has 0 atom stereocenters. The highest BCUT2D eigenvalue weighted by molar-refractivity contribution is 7.92. The van der Waals surface area contributed by atoms with E-state index in [1.807, 2.05) is 6.92 Å².